The molecule has 8 nitrogen and oxygen atoms in total. The van der Waals surface area contributed by atoms with Crippen LogP contribution in [0.4, 0.5) is 5.69 Å². The lowest BCUT2D eigenvalue weighted by atomic mass is 9.92. The van der Waals surface area contributed by atoms with Gasteiger partial charge in [0, 0.05) is 11.6 Å². The summed E-state index contributed by atoms with van der Waals surface area (Å²) < 4.78 is 11.6. The molecule has 2 aliphatic rings. The zero-order valence-electron chi connectivity index (χ0n) is 21.5. The molecule has 0 bridgehead atoms. The van der Waals surface area contributed by atoms with Gasteiger partial charge in [0.25, 0.3) is 11.8 Å². The highest BCUT2D eigenvalue weighted by Gasteiger charge is 2.46. The van der Waals surface area contributed by atoms with Crippen molar-refractivity contribution in [3.63, 3.8) is 0 Å². The summed E-state index contributed by atoms with van der Waals surface area (Å²) in [4.78, 5) is 47.7. The zero-order valence-corrected chi connectivity index (χ0v) is 21.5. The number of fused-ring (bicyclic) bond motifs is 1. The van der Waals surface area contributed by atoms with Gasteiger partial charge in [0.2, 0.25) is 11.8 Å². The number of anilines is 1. The lowest BCUT2D eigenvalue weighted by molar-refractivity contribution is -0.143. The molecule has 2 heterocycles. The van der Waals surface area contributed by atoms with Gasteiger partial charge in [-0.25, -0.2) is 9.88 Å². The van der Waals surface area contributed by atoms with Crippen molar-refractivity contribution in [2.75, 3.05) is 11.5 Å². The molecule has 4 aromatic rings. The van der Waals surface area contributed by atoms with Gasteiger partial charge >= 0.3 is 0 Å². The molecule has 3 amide bonds. The highest BCUT2D eigenvalue weighted by atomic mass is 16.5. The number of benzene rings is 3. The van der Waals surface area contributed by atoms with Crippen molar-refractivity contribution in [2.24, 2.45) is 0 Å². The molecule has 1 aliphatic carbocycles. The Labute approximate surface area is 226 Å². The highest BCUT2D eigenvalue weighted by Crippen LogP contribution is 2.33. The Kier molecular flexibility index (Phi) is 6.84. The first-order chi connectivity index (χ1) is 19.1. The fraction of sp³-hybridized carbons (Fsp3) is 0.290. The van der Waals surface area contributed by atoms with Crippen LogP contribution in [0, 0.1) is 0 Å². The molecule has 1 atom stereocenters. The fourth-order valence-electron chi connectivity index (χ4n) is 5.58. The summed E-state index contributed by atoms with van der Waals surface area (Å²) in [5.41, 5.74) is 2.65. The van der Waals surface area contributed by atoms with E-state index in [-0.39, 0.29) is 36.8 Å². The van der Waals surface area contributed by atoms with E-state index >= 15 is 0 Å². The van der Waals surface area contributed by atoms with Crippen molar-refractivity contribution in [1.29, 1.82) is 0 Å². The average molecular weight is 524 g/mol. The summed E-state index contributed by atoms with van der Waals surface area (Å²) in [6.45, 7) is -0.183. The van der Waals surface area contributed by atoms with Crippen molar-refractivity contribution in [3.05, 3.63) is 78.9 Å². The van der Waals surface area contributed by atoms with Crippen LogP contribution in [0.3, 0.4) is 0 Å². The number of rotatable bonds is 7. The Bertz CT molecular complexity index is 1460. The predicted octanol–water partition coefficient (Wildman–Crippen LogP) is 5.37. The number of imide groups is 1. The summed E-state index contributed by atoms with van der Waals surface area (Å²) >= 11 is 0. The monoisotopic (exact) mass is 523 g/mol. The van der Waals surface area contributed by atoms with Crippen molar-refractivity contribution >= 4 is 34.5 Å². The number of carbonyl (C=O) groups excluding carboxylic acids is 3. The molecule has 6 rings (SSSR count). The largest absolute Gasteiger partial charge is 0.484 e. The van der Waals surface area contributed by atoms with E-state index in [1.165, 1.54) is 4.90 Å². The summed E-state index contributed by atoms with van der Waals surface area (Å²) in [6, 6.07) is 22.7. The van der Waals surface area contributed by atoms with Crippen LogP contribution in [0.1, 0.15) is 38.5 Å². The highest BCUT2D eigenvalue weighted by molar-refractivity contribution is 6.23. The van der Waals surface area contributed by atoms with E-state index in [9.17, 15) is 14.4 Å². The average Bonchev–Trinajstić information content (AvgIpc) is 3.54. The summed E-state index contributed by atoms with van der Waals surface area (Å²) in [5.74, 6) is 0.0756. The Morgan fingerprint density at radius 1 is 0.923 bits per heavy atom. The van der Waals surface area contributed by atoms with Gasteiger partial charge in [-0.05, 0) is 61.4 Å². The van der Waals surface area contributed by atoms with Crippen molar-refractivity contribution < 1.29 is 23.5 Å². The quantitative estimate of drug-likeness (QED) is 0.303. The molecule has 0 N–H and O–H groups in total. The SMILES string of the molecule is O=C1CC(N(C(=O)COc2ccccc2)C2CCCCC2)C(=O)N1c1ccc(-c2nc3ccccc3o2)cc1. The number of aromatic nitrogens is 1. The van der Waals surface area contributed by atoms with Gasteiger partial charge in [-0.1, -0.05) is 49.6 Å². The van der Waals surface area contributed by atoms with Gasteiger partial charge in [-0.15, -0.1) is 0 Å². The van der Waals surface area contributed by atoms with E-state index in [0.29, 0.717) is 22.9 Å². The van der Waals surface area contributed by atoms with E-state index in [0.717, 1.165) is 43.2 Å². The molecule has 198 valence electrons. The molecule has 8 heteroatoms. The van der Waals surface area contributed by atoms with Crippen LogP contribution in [0.15, 0.2) is 83.3 Å². The fourth-order valence-corrected chi connectivity index (χ4v) is 5.58. The maximum absolute atomic E-state index is 13.7. The van der Waals surface area contributed by atoms with Crippen molar-refractivity contribution in [2.45, 2.75) is 50.6 Å². The molecular formula is C31H29N3O5. The third kappa shape index (κ3) is 5.02. The summed E-state index contributed by atoms with van der Waals surface area (Å²) in [7, 11) is 0. The second kappa shape index (κ2) is 10.7. The van der Waals surface area contributed by atoms with E-state index in [2.05, 4.69) is 4.98 Å². The summed E-state index contributed by atoms with van der Waals surface area (Å²) in [6.07, 6.45) is 4.67. The molecule has 0 spiro atoms. The van der Waals surface area contributed by atoms with Gasteiger partial charge < -0.3 is 14.1 Å². The number of para-hydroxylation sites is 3. The molecule has 2 fully saturated rings. The minimum absolute atomic E-state index is 0.0424. The maximum Gasteiger partial charge on any atom is 0.261 e. The second-order valence-corrected chi connectivity index (χ2v) is 10.0. The molecule has 3 aromatic carbocycles. The number of oxazole rings is 1. The first kappa shape index (κ1) is 24.9. The van der Waals surface area contributed by atoms with E-state index in [1.807, 2.05) is 42.5 Å². The number of ether oxygens (including phenoxy) is 1. The normalized spacial score (nSPS) is 18.1. The number of amides is 3. The number of hydrogen-bond acceptors (Lipinski definition) is 6. The van der Waals surface area contributed by atoms with Crippen molar-refractivity contribution in [3.8, 4) is 17.2 Å². The topological polar surface area (TPSA) is 93.0 Å². The van der Waals surface area contributed by atoms with E-state index < -0.39 is 6.04 Å². The Hall–Kier alpha value is -4.46. The van der Waals surface area contributed by atoms with Gasteiger partial charge in [-0.3, -0.25) is 14.4 Å². The predicted molar refractivity (Wildman–Crippen MR) is 146 cm³/mol. The van der Waals surface area contributed by atoms with E-state index in [1.54, 1.807) is 41.3 Å². The number of carbonyl (C=O) groups is 3. The van der Waals surface area contributed by atoms with Gasteiger partial charge in [0.15, 0.2) is 12.2 Å². The van der Waals surface area contributed by atoms with Crippen LogP contribution in [0.2, 0.25) is 0 Å². The molecular weight excluding hydrogens is 494 g/mol. The van der Waals surface area contributed by atoms with Crippen LogP contribution in [0.25, 0.3) is 22.6 Å². The van der Waals surface area contributed by atoms with Crippen LogP contribution >= 0.6 is 0 Å². The Balaban J connectivity index is 1.22. The second-order valence-electron chi connectivity index (χ2n) is 10.0. The molecule has 39 heavy (non-hydrogen) atoms. The van der Waals surface area contributed by atoms with Crippen LogP contribution in [0.5, 0.6) is 5.75 Å². The third-order valence-corrected chi connectivity index (χ3v) is 7.49. The zero-order chi connectivity index (χ0) is 26.8. The smallest absolute Gasteiger partial charge is 0.261 e. The molecule has 1 unspecified atom stereocenters. The summed E-state index contributed by atoms with van der Waals surface area (Å²) in [5, 5.41) is 0. The lowest BCUT2D eigenvalue weighted by Crippen LogP contribution is -2.52. The number of nitrogens with zero attached hydrogens (tertiary/aromatic N) is 3. The molecule has 1 saturated heterocycles. The van der Waals surface area contributed by atoms with Crippen molar-refractivity contribution in [1.82, 2.24) is 9.88 Å². The standard InChI is InChI=1S/C31H29N3O5/c35-28-19-26(33(22-9-3-1-4-10-22)29(36)20-38-24-11-5-2-6-12-24)31(37)34(28)23-17-15-21(16-18-23)30-32-25-13-7-8-14-27(25)39-30/h2,5-8,11-18,22,26H,1,3-4,9-10,19-20H2. The molecule has 1 aliphatic heterocycles. The van der Waals surface area contributed by atoms with Crippen LogP contribution in [-0.4, -0.2) is 46.3 Å². The van der Waals surface area contributed by atoms with Gasteiger partial charge in [0.05, 0.1) is 12.1 Å². The lowest BCUT2D eigenvalue weighted by Gasteiger charge is -2.37. The third-order valence-electron chi connectivity index (χ3n) is 7.49. The Morgan fingerprint density at radius 3 is 2.38 bits per heavy atom. The first-order valence-electron chi connectivity index (χ1n) is 13.4. The number of hydrogen-bond donors (Lipinski definition) is 0. The van der Waals surface area contributed by atoms with E-state index in [4.69, 9.17) is 9.15 Å². The maximum atomic E-state index is 13.7. The van der Waals surface area contributed by atoms with Gasteiger partial charge in [-0.2, -0.15) is 0 Å². The molecule has 0 radical (unpaired) electrons. The molecule has 1 saturated carbocycles. The molecule has 1 aromatic heterocycles. The minimum atomic E-state index is -0.843. The van der Waals surface area contributed by atoms with Crippen LogP contribution < -0.4 is 9.64 Å². The van der Waals surface area contributed by atoms with Gasteiger partial charge in [0.1, 0.15) is 17.3 Å². The first-order valence-corrected chi connectivity index (χ1v) is 13.4. The van der Waals surface area contributed by atoms with Crippen LogP contribution in [-0.2, 0) is 14.4 Å². The Morgan fingerprint density at radius 2 is 1.64 bits per heavy atom. The minimum Gasteiger partial charge on any atom is -0.484 e.